The van der Waals surface area contributed by atoms with Crippen molar-refractivity contribution < 1.29 is 8.42 Å². The summed E-state index contributed by atoms with van der Waals surface area (Å²) < 4.78 is 25.4. The Bertz CT molecular complexity index is 1090. The monoisotopic (exact) mass is 372 g/mol. The highest BCUT2D eigenvalue weighted by atomic mass is 32.2. The number of nitrogen functional groups attached to an aromatic ring is 2. The van der Waals surface area contributed by atoms with Gasteiger partial charge in [0.15, 0.2) is 0 Å². The first-order valence-electron chi connectivity index (χ1n) is 7.30. The lowest BCUT2D eigenvalue weighted by Gasteiger charge is -2.04. The first-order chi connectivity index (χ1) is 11.8. The molecule has 0 atom stereocenters. The molecule has 0 fully saturated rings. The average Bonchev–Trinajstić information content (AvgIpc) is 2.99. The lowest BCUT2D eigenvalue weighted by atomic mass is 10.0. The number of nitrogens with two attached hydrogens (primary N) is 2. The number of anilines is 2. The third-order valence-corrected chi connectivity index (χ3v) is 5.17. The van der Waals surface area contributed by atoms with E-state index < -0.39 is 10.0 Å². The number of fused-ring (bicyclic) bond motifs is 1. The largest absolute Gasteiger partial charge is 0.399 e. The van der Waals surface area contributed by atoms with Gasteiger partial charge in [0.25, 0.3) is 0 Å². The van der Waals surface area contributed by atoms with Gasteiger partial charge in [-0.3, -0.25) is 0 Å². The molecule has 3 aromatic rings. The van der Waals surface area contributed by atoms with Gasteiger partial charge in [-0.2, -0.15) is 0 Å². The molecule has 0 bridgehead atoms. The van der Waals surface area contributed by atoms with Gasteiger partial charge in [0.2, 0.25) is 10.0 Å². The second-order valence-electron chi connectivity index (χ2n) is 5.43. The molecule has 0 saturated heterocycles. The fourth-order valence-electron chi connectivity index (χ4n) is 2.34. The van der Waals surface area contributed by atoms with Crippen LogP contribution in [0.25, 0.3) is 21.2 Å². The van der Waals surface area contributed by atoms with Crippen molar-refractivity contribution in [2.45, 2.75) is 0 Å². The number of sulfonamides is 1. The first-order valence-corrected chi connectivity index (χ1v) is 10.1. The molecule has 0 spiro atoms. The Morgan fingerprint density at radius 1 is 1.24 bits per heavy atom. The van der Waals surface area contributed by atoms with Gasteiger partial charge in [-0.05, 0) is 23.1 Å². The Morgan fingerprint density at radius 2 is 1.96 bits per heavy atom. The van der Waals surface area contributed by atoms with Gasteiger partial charge in [-0.15, -0.1) is 11.3 Å². The second kappa shape index (κ2) is 6.72. The molecule has 5 N–H and O–H groups in total. The van der Waals surface area contributed by atoms with Crippen LogP contribution in [0.2, 0.25) is 0 Å². The number of nitrogens with one attached hydrogen (secondary N) is 1. The minimum atomic E-state index is -3.26. The summed E-state index contributed by atoms with van der Waals surface area (Å²) in [7, 11) is -3.26. The summed E-state index contributed by atoms with van der Waals surface area (Å²) >= 11 is 1.52. The molecular weight excluding hydrogens is 356 g/mol. The van der Waals surface area contributed by atoms with Crippen LogP contribution >= 0.6 is 11.3 Å². The zero-order chi connectivity index (χ0) is 18.0. The minimum Gasteiger partial charge on any atom is -0.399 e. The summed E-state index contributed by atoms with van der Waals surface area (Å²) in [6.45, 7) is 0.0426. The van der Waals surface area contributed by atoms with Crippen LogP contribution in [-0.2, 0) is 10.0 Å². The number of pyridine rings is 1. The van der Waals surface area contributed by atoms with Gasteiger partial charge < -0.3 is 11.5 Å². The van der Waals surface area contributed by atoms with Gasteiger partial charge in [0.1, 0.15) is 5.82 Å². The second-order valence-corrected chi connectivity index (χ2v) is 8.14. The quantitative estimate of drug-likeness (QED) is 0.481. The van der Waals surface area contributed by atoms with E-state index in [9.17, 15) is 8.42 Å². The summed E-state index contributed by atoms with van der Waals surface area (Å²) in [5.74, 6) is 6.19. The van der Waals surface area contributed by atoms with E-state index in [2.05, 4.69) is 21.5 Å². The maximum absolute atomic E-state index is 11.1. The molecular formula is C17H16N4O2S2. The van der Waals surface area contributed by atoms with Crippen LogP contribution in [0.5, 0.6) is 0 Å². The maximum Gasteiger partial charge on any atom is 0.209 e. The van der Waals surface area contributed by atoms with Crippen molar-refractivity contribution >= 4 is 43.0 Å². The Morgan fingerprint density at radius 3 is 2.64 bits per heavy atom. The molecule has 128 valence electrons. The Balaban J connectivity index is 2.02. The maximum atomic E-state index is 11.1. The predicted molar refractivity (Wildman–Crippen MR) is 104 cm³/mol. The number of nitrogens with zero attached hydrogens (tertiary/aromatic N) is 1. The molecule has 1 aromatic carbocycles. The third-order valence-electron chi connectivity index (χ3n) is 3.49. The lowest BCUT2D eigenvalue weighted by molar-refractivity contribution is 0.592. The zero-order valence-electron chi connectivity index (χ0n) is 13.4. The summed E-state index contributed by atoms with van der Waals surface area (Å²) in [6, 6.07) is 7.54. The number of rotatable bonds is 3. The Labute approximate surface area is 149 Å². The van der Waals surface area contributed by atoms with E-state index >= 15 is 0 Å². The van der Waals surface area contributed by atoms with E-state index in [-0.39, 0.29) is 6.54 Å². The van der Waals surface area contributed by atoms with Crippen molar-refractivity contribution in [2.75, 3.05) is 24.3 Å². The number of hydrogen-bond acceptors (Lipinski definition) is 6. The average molecular weight is 372 g/mol. The zero-order valence-corrected chi connectivity index (χ0v) is 15.0. The Hall–Kier alpha value is -2.60. The smallest absolute Gasteiger partial charge is 0.209 e. The molecule has 8 heteroatoms. The van der Waals surface area contributed by atoms with Crippen molar-refractivity contribution in [3.63, 3.8) is 0 Å². The molecule has 0 amide bonds. The first kappa shape index (κ1) is 17.2. The van der Waals surface area contributed by atoms with Crippen molar-refractivity contribution in [3.8, 4) is 23.0 Å². The fraction of sp³-hybridized carbons (Fsp3) is 0.118. The summed E-state index contributed by atoms with van der Waals surface area (Å²) in [4.78, 5) is 4.23. The minimum absolute atomic E-state index is 0.0426. The van der Waals surface area contributed by atoms with Crippen molar-refractivity contribution in [1.29, 1.82) is 0 Å². The topological polar surface area (TPSA) is 111 Å². The van der Waals surface area contributed by atoms with Gasteiger partial charge in [0.05, 0.1) is 23.1 Å². The van der Waals surface area contributed by atoms with E-state index in [0.29, 0.717) is 17.1 Å². The molecule has 2 heterocycles. The third kappa shape index (κ3) is 3.91. The SMILES string of the molecule is CS(=O)(=O)NCC#Cc1cnc(N)c2c(-c3ccc(N)cc3)csc12. The van der Waals surface area contributed by atoms with E-state index in [1.165, 1.54) is 11.3 Å². The number of thiophene rings is 1. The molecule has 0 unspecified atom stereocenters. The van der Waals surface area contributed by atoms with E-state index in [1.807, 2.05) is 29.6 Å². The van der Waals surface area contributed by atoms with Crippen LogP contribution in [0.1, 0.15) is 5.56 Å². The van der Waals surface area contributed by atoms with Gasteiger partial charge in [0, 0.05) is 22.8 Å². The molecule has 0 aliphatic rings. The van der Waals surface area contributed by atoms with Gasteiger partial charge in [-0.25, -0.2) is 18.1 Å². The van der Waals surface area contributed by atoms with Gasteiger partial charge in [-0.1, -0.05) is 24.0 Å². The van der Waals surface area contributed by atoms with E-state index in [0.717, 1.165) is 27.5 Å². The molecule has 0 saturated carbocycles. The highest BCUT2D eigenvalue weighted by Crippen LogP contribution is 2.38. The normalized spacial score (nSPS) is 11.2. The molecule has 3 rings (SSSR count). The summed E-state index contributed by atoms with van der Waals surface area (Å²) in [6.07, 6.45) is 2.70. The lowest BCUT2D eigenvalue weighted by Crippen LogP contribution is -2.21. The number of aromatic nitrogens is 1. The molecule has 0 aliphatic carbocycles. The number of hydrogen-bond donors (Lipinski definition) is 3. The molecule has 6 nitrogen and oxygen atoms in total. The van der Waals surface area contributed by atoms with E-state index in [4.69, 9.17) is 11.5 Å². The van der Waals surface area contributed by atoms with Crippen LogP contribution < -0.4 is 16.2 Å². The highest BCUT2D eigenvalue weighted by Gasteiger charge is 2.13. The van der Waals surface area contributed by atoms with Crippen LogP contribution in [-0.4, -0.2) is 26.2 Å². The summed E-state index contributed by atoms with van der Waals surface area (Å²) in [5.41, 5.74) is 15.2. The fourth-order valence-corrected chi connectivity index (χ4v) is 3.73. The molecule has 2 aromatic heterocycles. The van der Waals surface area contributed by atoms with Gasteiger partial charge >= 0.3 is 0 Å². The van der Waals surface area contributed by atoms with Crippen molar-refractivity contribution in [3.05, 3.63) is 41.4 Å². The van der Waals surface area contributed by atoms with E-state index in [1.54, 1.807) is 6.20 Å². The molecule has 0 aliphatic heterocycles. The standard InChI is InChI=1S/C17H16N4O2S2/c1-25(22,23)21-8-2-3-12-9-20-17(19)15-14(10-24-16(12)15)11-4-6-13(18)7-5-11/h4-7,9-10,21H,8,18H2,1H3,(H2,19,20). The van der Waals surface area contributed by atoms with Crippen LogP contribution in [0.4, 0.5) is 11.5 Å². The van der Waals surface area contributed by atoms with Crippen molar-refractivity contribution in [2.24, 2.45) is 0 Å². The predicted octanol–water partition coefficient (Wildman–Crippen LogP) is 2.03. The van der Waals surface area contributed by atoms with Crippen molar-refractivity contribution in [1.82, 2.24) is 9.71 Å². The Kier molecular flexibility index (Phi) is 4.63. The van der Waals surface area contributed by atoms with Crippen LogP contribution in [0.3, 0.4) is 0 Å². The molecule has 0 radical (unpaired) electrons. The van der Waals surface area contributed by atoms with Crippen LogP contribution in [0, 0.1) is 11.8 Å². The summed E-state index contributed by atoms with van der Waals surface area (Å²) in [5, 5.41) is 2.85. The highest BCUT2D eigenvalue weighted by molar-refractivity contribution is 7.88. The van der Waals surface area contributed by atoms with Crippen LogP contribution in [0.15, 0.2) is 35.8 Å². The molecule has 25 heavy (non-hydrogen) atoms. The number of benzene rings is 1.